The van der Waals surface area contributed by atoms with Gasteiger partial charge in [-0.15, -0.1) is 0 Å². The maximum absolute atomic E-state index is 12.5. The van der Waals surface area contributed by atoms with Gasteiger partial charge in [-0.1, -0.05) is 207 Å². The molecule has 6 heteroatoms. The van der Waals surface area contributed by atoms with Crippen molar-refractivity contribution >= 4 is 17.9 Å². The van der Waals surface area contributed by atoms with Crippen molar-refractivity contribution in [1.82, 2.24) is 0 Å². The van der Waals surface area contributed by atoms with Crippen LogP contribution in [-0.4, -0.2) is 37.2 Å². The number of rotatable bonds is 40. The van der Waals surface area contributed by atoms with Gasteiger partial charge < -0.3 is 14.2 Å². The molecule has 0 aromatic rings. The van der Waals surface area contributed by atoms with Crippen molar-refractivity contribution < 1.29 is 28.6 Å². The molecule has 0 rings (SSSR count). The quantitative estimate of drug-likeness (QED) is 0.0356. The fraction of sp³-hybridized carbons (Fsp3) is 0.933. The number of esters is 3. The number of ether oxygens (including phenoxy) is 3. The highest BCUT2D eigenvalue weighted by Gasteiger charge is 2.19. The molecule has 0 saturated carbocycles. The monoisotopic (exact) mass is 723 g/mol. The van der Waals surface area contributed by atoms with Gasteiger partial charge in [0.25, 0.3) is 0 Å². The van der Waals surface area contributed by atoms with Crippen LogP contribution < -0.4 is 0 Å². The summed E-state index contributed by atoms with van der Waals surface area (Å²) < 4.78 is 16.6. The molecule has 0 fully saturated rings. The van der Waals surface area contributed by atoms with Gasteiger partial charge in [0.15, 0.2) is 6.10 Å². The van der Waals surface area contributed by atoms with E-state index in [0.29, 0.717) is 19.3 Å². The number of unbranched alkanes of at least 4 members (excludes halogenated alkanes) is 27. The van der Waals surface area contributed by atoms with Gasteiger partial charge >= 0.3 is 17.9 Å². The summed E-state index contributed by atoms with van der Waals surface area (Å²) in [4.78, 5) is 37.4. The van der Waals surface area contributed by atoms with E-state index < -0.39 is 6.10 Å². The Morgan fingerprint density at radius 2 is 0.647 bits per heavy atom. The van der Waals surface area contributed by atoms with E-state index in [1.165, 1.54) is 135 Å². The van der Waals surface area contributed by atoms with E-state index in [9.17, 15) is 14.4 Å². The Balaban J connectivity index is 4.14. The van der Waals surface area contributed by atoms with Gasteiger partial charge in [0.05, 0.1) is 0 Å². The minimum atomic E-state index is -0.757. The molecule has 0 bridgehead atoms. The first-order valence-corrected chi connectivity index (χ1v) is 22.4. The van der Waals surface area contributed by atoms with Crippen molar-refractivity contribution in [2.24, 2.45) is 5.92 Å². The van der Waals surface area contributed by atoms with Crippen molar-refractivity contribution in [2.45, 2.75) is 252 Å². The molecule has 0 aromatic carbocycles. The Hall–Kier alpha value is -1.59. The van der Waals surface area contributed by atoms with E-state index in [0.717, 1.165) is 70.1 Å². The molecule has 0 saturated heterocycles. The topological polar surface area (TPSA) is 78.9 Å². The third-order valence-corrected chi connectivity index (χ3v) is 10.0. The van der Waals surface area contributed by atoms with Crippen LogP contribution >= 0.6 is 0 Å². The van der Waals surface area contributed by atoms with E-state index in [1.807, 2.05) is 0 Å². The van der Waals surface area contributed by atoms with Crippen LogP contribution in [0.25, 0.3) is 0 Å². The summed E-state index contributed by atoms with van der Waals surface area (Å²) >= 11 is 0. The molecule has 6 nitrogen and oxygen atoms in total. The van der Waals surface area contributed by atoms with E-state index in [1.54, 1.807) is 0 Å². The molecule has 0 aromatic heterocycles. The van der Waals surface area contributed by atoms with Crippen molar-refractivity contribution in [3.05, 3.63) is 0 Å². The molecular weight excluding hydrogens is 636 g/mol. The Kier molecular flexibility index (Phi) is 38.4. The van der Waals surface area contributed by atoms with Crippen LogP contribution in [0.15, 0.2) is 0 Å². The fourth-order valence-electron chi connectivity index (χ4n) is 6.63. The first-order chi connectivity index (χ1) is 24.9. The standard InChI is InChI=1S/C45H86O6/c1-5-7-9-11-12-13-14-15-16-17-18-22-25-29-32-36-43(46)49-39-42(51-45(48)38-34-27-10-8-6-2)40-50-44(47)37-33-30-26-23-20-19-21-24-28-31-35-41(3)4/h41-42H,5-40H2,1-4H3/t42-/m1/s1. The Morgan fingerprint density at radius 1 is 0.373 bits per heavy atom. The minimum absolute atomic E-state index is 0.0653. The van der Waals surface area contributed by atoms with Crippen LogP contribution in [0.2, 0.25) is 0 Å². The summed E-state index contributed by atoms with van der Waals surface area (Å²) in [5, 5.41) is 0. The zero-order valence-corrected chi connectivity index (χ0v) is 34.6. The molecule has 0 aliphatic carbocycles. The fourth-order valence-corrected chi connectivity index (χ4v) is 6.63. The van der Waals surface area contributed by atoms with E-state index in [-0.39, 0.29) is 31.1 Å². The molecule has 51 heavy (non-hydrogen) atoms. The molecule has 0 unspecified atom stereocenters. The predicted octanol–water partition coefficient (Wildman–Crippen LogP) is 13.9. The maximum Gasteiger partial charge on any atom is 0.306 e. The lowest BCUT2D eigenvalue weighted by Crippen LogP contribution is -2.30. The Morgan fingerprint density at radius 3 is 0.961 bits per heavy atom. The van der Waals surface area contributed by atoms with Gasteiger partial charge in [-0.05, 0) is 25.2 Å². The largest absolute Gasteiger partial charge is 0.462 e. The van der Waals surface area contributed by atoms with Gasteiger partial charge in [0.2, 0.25) is 0 Å². The average molecular weight is 723 g/mol. The molecule has 0 spiro atoms. The molecule has 1 atom stereocenters. The zero-order valence-electron chi connectivity index (χ0n) is 34.6. The third-order valence-electron chi connectivity index (χ3n) is 10.0. The first-order valence-electron chi connectivity index (χ1n) is 22.4. The molecule has 0 aliphatic heterocycles. The van der Waals surface area contributed by atoms with Crippen LogP contribution in [0.4, 0.5) is 0 Å². The molecular formula is C45H86O6. The summed E-state index contributed by atoms with van der Waals surface area (Å²) in [6, 6.07) is 0. The number of hydrogen-bond donors (Lipinski definition) is 0. The lowest BCUT2D eigenvalue weighted by atomic mass is 10.0. The highest BCUT2D eigenvalue weighted by atomic mass is 16.6. The third kappa shape index (κ3) is 39.5. The Bertz CT molecular complexity index is 766. The Labute approximate surface area is 317 Å². The highest BCUT2D eigenvalue weighted by molar-refractivity contribution is 5.71. The summed E-state index contributed by atoms with van der Waals surface area (Å²) in [7, 11) is 0. The van der Waals surface area contributed by atoms with E-state index >= 15 is 0 Å². The van der Waals surface area contributed by atoms with Crippen molar-refractivity contribution in [3.8, 4) is 0 Å². The van der Waals surface area contributed by atoms with E-state index in [4.69, 9.17) is 14.2 Å². The van der Waals surface area contributed by atoms with Gasteiger partial charge in [0.1, 0.15) is 13.2 Å². The van der Waals surface area contributed by atoms with Gasteiger partial charge in [-0.25, -0.2) is 0 Å². The number of carbonyl (C=O) groups is 3. The van der Waals surface area contributed by atoms with Crippen LogP contribution in [0.5, 0.6) is 0 Å². The molecule has 0 N–H and O–H groups in total. The molecule has 0 heterocycles. The summed E-state index contributed by atoms with van der Waals surface area (Å²) in [5.74, 6) is -0.0513. The summed E-state index contributed by atoms with van der Waals surface area (Å²) in [5.41, 5.74) is 0. The van der Waals surface area contributed by atoms with Crippen molar-refractivity contribution in [3.63, 3.8) is 0 Å². The van der Waals surface area contributed by atoms with Crippen molar-refractivity contribution in [1.29, 1.82) is 0 Å². The van der Waals surface area contributed by atoms with Crippen molar-refractivity contribution in [2.75, 3.05) is 13.2 Å². The second kappa shape index (κ2) is 39.6. The molecule has 0 amide bonds. The zero-order chi connectivity index (χ0) is 37.5. The van der Waals surface area contributed by atoms with Crippen LogP contribution in [0.1, 0.15) is 246 Å². The smallest absolute Gasteiger partial charge is 0.306 e. The lowest BCUT2D eigenvalue weighted by molar-refractivity contribution is -0.167. The first kappa shape index (κ1) is 49.4. The summed E-state index contributed by atoms with van der Waals surface area (Å²) in [6.07, 6.45) is 38.3. The van der Waals surface area contributed by atoms with Gasteiger partial charge in [-0.2, -0.15) is 0 Å². The second-order valence-corrected chi connectivity index (χ2v) is 15.8. The van der Waals surface area contributed by atoms with Gasteiger partial charge in [-0.3, -0.25) is 14.4 Å². The highest BCUT2D eigenvalue weighted by Crippen LogP contribution is 2.16. The van der Waals surface area contributed by atoms with Gasteiger partial charge in [0, 0.05) is 19.3 Å². The number of hydrogen-bond acceptors (Lipinski definition) is 6. The molecule has 0 aliphatic rings. The lowest BCUT2D eigenvalue weighted by Gasteiger charge is -2.18. The van der Waals surface area contributed by atoms with Crippen LogP contribution in [0.3, 0.4) is 0 Å². The average Bonchev–Trinajstić information content (AvgIpc) is 3.11. The van der Waals surface area contributed by atoms with E-state index in [2.05, 4.69) is 27.7 Å². The second-order valence-electron chi connectivity index (χ2n) is 15.8. The molecule has 0 radical (unpaired) electrons. The van der Waals surface area contributed by atoms with Crippen LogP contribution in [-0.2, 0) is 28.6 Å². The maximum atomic E-state index is 12.5. The minimum Gasteiger partial charge on any atom is -0.462 e. The normalized spacial score (nSPS) is 11.9. The SMILES string of the molecule is CCCCCCCCCCCCCCCCCC(=O)OC[C@H](COC(=O)CCCCCCCCCCCCC(C)C)OC(=O)CCCCCCC. The number of carbonyl (C=O) groups excluding carboxylic acids is 3. The molecule has 302 valence electrons. The predicted molar refractivity (Wildman–Crippen MR) is 215 cm³/mol. The van der Waals surface area contributed by atoms with Crippen LogP contribution in [0, 0.1) is 5.92 Å². The summed E-state index contributed by atoms with van der Waals surface area (Å²) in [6.45, 7) is 8.90.